The topological polar surface area (TPSA) is 89.1 Å². The zero-order valence-corrected chi connectivity index (χ0v) is 21.0. The van der Waals surface area contributed by atoms with E-state index in [4.69, 9.17) is 16.1 Å². The van der Waals surface area contributed by atoms with Crippen molar-refractivity contribution in [2.75, 3.05) is 13.1 Å². The Morgan fingerprint density at radius 2 is 1.89 bits per heavy atom. The van der Waals surface area contributed by atoms with E-state index in [9.17, 15) is 4.79 Å². The number of aryl methyl sites for hydroxylation is 1. The third kappa shape index (κ3) is 6.01. The molecule has 1 fully saturated rings. The molecule has 2 aromatic heterocycles. The number of imidazole rings is 1. The average Bonchev–Trinajstić information content (AvgIpc) is 3.52. The zero-order chi connectivity index (χ0) is 24.9. The van der Waals surface area contributed by atoms with Crippen LogP contribution < -0.4 is 5.32 Å². The predicted octanol–water partition coefficient (Wildman–Crippen LogP) is 4.47. The number of amides is 1. The van der Waals surface area contributed by atoms with Crippen molar-refractivity contribution in [2.45, 2.75) is 39.4 Å². The van der Waals surface area contributed by atoms with E-state index in [0.717, 1.165) is 49.4 Å². The molecule has 9 heteroatoms. The first-order chi connectivity index (χ1) is 17.5. The van der Waals surface area contributed by atoms with Crippen LogP contribution >= 0.6 is 11.6 Å². The van der Waals surface area contributed by atoms with Crippen molar-refractivity contribution >= 4 is 17.5 Å². The minimum Gasteiger partial charge on any atom is -0.352 e. The molecule has 1 N–H and O–H groups in total. The van der Waals surface area contributed by atoms with Crippen LogP contribution in [0.15, 0.2) is 65.4 Å². The number of rotatable bonds is 8. The van der Waals surface area contributed by atoms with E-state index >= 15 is 0 Å². The van der Waals surface area contributed by atoms with Crippen molar-refractivity contribution in [1.82, 2.24) is 29.9 Å². The SMILES string of the molecule is Cc1nccn1Cc1cccc(CNC(=O)C2CCN(Cc3nc(-c4ccc(Cl)cc4)no3)CC2)c1. The molecule has 0 spiro atoms. The first-order valence-corrected chi connectivity index (χ1v) is 12.6. The fourth-order valence-electron chi connectivity index (χ4n) is 4.52. The quantitative estimate of drug-likeness (QED) is 0.381. The van der Waals surface area contributed by atoms with Gasteiger partial charge in [-0.2, -0.15) is 4.98 Å². The number of hydrogen-bond donors (Lipinski definition) is 1. The normalized spacial score (nSPS) is 14.7. The highest BCUT2D eigenvalue weighted by Gasteiger charge is 2.26. The number of benzene rings is 2. The molecule has 0 atom stereocenters. The van der Waals surface area contributed by atoms with Gasteiger partial charge in [0.15, 0.2) is 0 Å². The van der Waals surface area contributed by atoms with Crippen molar-refractivity contribution in [3.05, 3.63) is 88.8 Å². The maximum Gasteiger partial charge on any atom is 0.241 e. The molecule has 186 valence electrons. The monoisotopic (exact) mass is 504 g/mol. The van der Waals surface area contributed by atoms with Gasteiger partial charge in [0.25, 0.3) is 0 Å². The van der Waals surface area contributed by atoms with Crippen LogP contribution in [0.2, 0.25) is 5.02 Å². The number of piperidine rings is 1. The van der Waals surface area contributed by atoms with Gasteiger partial charge >= 0.3 is 0 Å². The van der Waals surface area contributed by atoms with Crippen LogP contribution in [0.3, 0.4) is 0 Å². The number of likely N-dealkylation sites (tertiary alicyclic amines) is 1. The molecule has 1 aliphatic rings. The van der Waals surface area contributed by atoms with Crippen LogP contribution in [0.1, 0.15) is 35.7 Å². The van der Waals surface area contributed by atoms with Gasteiger partial charge in [-0.1, -0.05) is 41.0 Å². The Kier molecular flexibility index (Phi) is 7.44. The maximum atomic E-state index is 12.8. The highest BCUT2D eigenvalue weighted by atomic mass is 35.5. The molecule has 5 rings (SSSR count). The van der Waals surface area contributed by atoms with Gasteiger partial charge in [-0.15, -0.1) is 0 Å². The Morgan fingerprint density at radius 1 is 1.11 bits per heavy atom. The summed E-state index contributed by atoms with van der Waals surface area (Å²) in [5, 5.41) is 7.88. The number of halogens is 1. The molecule has 4 aromatic rings. The smallest absolute Gasteiger partial charge is 0.241 e. The van der Waals surface area contributed by atoms with E-state index in [1.165, 1.54) is 5.56 Å². The van der Waals surface area contributed by atoms with Gasteiger partial charge in [0.05, 0.1) is 6.54 Å². The molecule has 0 bridgehead atoms. The van der Waals surface area contributed by atoms with Crippen molar-refractivity contribution < 1.29 is 9.32 Å². The summed E-state index contributed by atoms with van der Waals surface area (Å²) < 4.78 is 7.55. The summed E-state index contributed by atoms with van der Waals surface area (Å²) in [5.74, 6) is 2.26. The van der Waals surface area contributed by atoms with Gasteiger partial charge in [-0.3, -0.25) is 9.69 Å². The largest absolute Gasteiger partial charge is 0.352 e. The van der Waals surface area contributed by atoms with Crippen LogP contribution in [0, 0.1) is 12.8 Å². The van der Waals surface area contributed by atoms with E-state index in [-0.39, 0.29) is 11.8 Å². The van der Waals surface area contributed by atoms with E-state index < -0.39 is 0 Å². The molecule has 36 heavy (non-hydrogen) atoms. The molecule has 3 heterocycles. The number of aromatic nitrogens is 4. The molecule has 1 amide bonds. The highest BCUT2D eigenvalue weighted by Crippen LogP contribution is 2.22. The van der Waals surface area contributed by atoms with E-state index in [0.29, 0.717) is 29.8 Å². The molecule has 0 radical (unpaired) electrons. The minimum absolute atomic E-state index is 0.0188. The first-order valence-electron chi connectivity index (χ1n) is 12.2. The molecule has 0 saturated carbocycles. The van der Waals surface area contributed by atoms with Crippen LogP contribution in [0.25, 0.3) is 11.4 Å². The molecule has 1 saturated heterocycles. The summed E-state index contributed by atoms with van der Waals surface area (Å²) in [6, 6.07) is 15.7. The van der Waals surface area contributed by atoms with Crippen LogP contribution in [0.5, 0.6) is 0 Å². The second-order valence-corrected chi connectivity index (χ2v) is 9.65. The first kappa shape index (κ1) is 24.2. The van der Waals surface area contributed by atoms with Crippen LogP contribution in [0.4, 0.5) is 0 Å². The molecule has 2 aromatic carbocycles. The Labute approximate surface area is 215 Å². The minimum atomic E-state index is 0.0188. The summed E-state index contributed by atoms with van der Waals surface area (Å²) in [7, 11) is 0. The Morgan fingerprint density at radius 3 is 2.64 bits per heavy atom. The van der Waals surface area contributed by atoms with Gasteiger partial charge in [0, 0.05) is 42.0 Å². The molecule has 0 unspecified atom stereocenters. The maximum absolute atomic E-state index is 12.8. The van der Waals surface area contributed by atoms with E-state index in [1.54, 1.807) is 0 Å². The lowest BCUT2D eigenvalue weighted by Crippen LogP contribution is -2.40. The predicted molar refractivity (Wildman–Crippen MR) is 137 cm³/mol. The highest BCUT2D eigenvalue weighted by molar-refractivity contribution is 6.30. The number of carbonyl (C=O) groups is 1. The van der Waals surface area contributed by atoms with Gasteiger partial charge in [-0.05, 0) is 68.2 Å². The Balaban J connectivity index is 1.08. The molecule has 0 aliphatic carbocycles. The lowest BCUT2D eigenvalue weighted by atomic mass is 9.96. The second kappa shape index (κ2) is 11.1. The number of carbonyl (C=O) groups excluding carboxylic acids is 1. The summed E-state index contributed by atoms with van der Waals surface area (Å²) in [5.41, 5.74) is 3.16. The van der Waals surface area contributed by atoms with E-state index in [2.05, 4.69) is 48.1 Å². The average molecular weight is 505 g/mol. The van der Waals surface area contributed by atoms with E-state index in [1.807, 2.05) is 49.6 Å². The third-order valence-electron chi connectivity index (χ3n) is 6.62. The summed E-state index contributed by atoms with van der Waals surface area (Å²) in [6.07, 6.45) is 5.41. The second-order valence-electron chi connectivity index (χ2n) is 9.21. The van der Waals surface area contributed by atoms with Gasteiger partial charge in [0.1, 0.15) is 5.82 Å². The molecular weight excluding hydrogens is 476 g/mol. The zero-order valence-electron chi connectivity index (χ0n) is 20.2. The molecule has 1 aliphatic heterocycles. The Bertz CT molecular complexity index is 1310. The van der Waals surface area contributed by atoms with Crippen molar-refractivity contribution in [1.29, 1.82) is 0 Å². The standard InChI is InChI=1S/C27H29ClN6O2/c1-19-29-11-14-34(19)17-21-4-2-3-20(15-21)16-30-27(35)23-9-12-33(13-10-23)18-25-31-26(32-36-25)22-5-7-24(28)8-6-22/h2-8,11,14-15,23H,9-10,12-13,16-18H2,1H3,(H,30,35). The van der Waals surface area contributed by atoms with Crippen molar-refractivity contribution in [3.63, 3.8) is 0 Å². The van der Waals surface area contributed by atoms with Gasteiger partial charge in [-0.25, -0.2) is 4.98 Å². The summed E-state index contributed by atoms with van der Waals surface area (Å²) in [4.78, 5) is 23.9. The number of nitrogens with zero attached hydrogens (tertiary/aromatic N) is 5. The Hall–Kier alpha value is -3.49. The molecular formula is C27H29ClN6O2. The molecule has 8 nitrogen and oxygen atoms in total. The summed E-state index contributed by atoms with van der Waals surface area (Å²) in [6.45, 7) is 5.51. The summed E-state index contributed by atoms with van der Waals surface area (Å²) >= 11 is 5.95. The third-order valence-corrected chi connectivity index (χ3v) is 6.87. The van der Waals surface area contributed by atoms with Gasteiger partial charge in [0.2, 0.25) is 17.6 Å². The lowest BCUT2D eigenvalue weighted by molar-refractivity contribution is -0.126. The van der Waals surface area contributed by atoms with Crippen molar-refractivity contribution in [2.24, 2.45) is 5.92 Å². The lowest BCUT2D eigenvalue weighted by Gasteiger charge is -2.30. The van der Waals surface area contributed by atoms with Crippen LogP contribution in [-0.2, 0) is 24.4 Å². The van der Waals surface area contributed by atoms with Crippen molar-refractivity contribution in [3.8, 4) is 11.4 Å². The number of nitrogens with one attached hydrogen (secondary N) is 1. The van der Waals surface area contributed by atoms with Gasteiger partial charge < -0.3 is 14.4 Å². The fraction of sp³-hybridized carbons (Fsp3) is 0.333. The fourth-order valence-corrected chi connectivity index (χ4v) is 4.64. The number of hydrogen-bond acceptors (Lipinski definition) is 6. The van der Waals surface area contributed by atoms with Crippen LogP contribution in [-0.4, -0.2) is 43.6 Å².